The zero-order chi connectivity index (χ0) is 9.97. The van der Waals surface area contributed by atoms with Gasteiger partial charge in [-0.05, 0) is 25.1 Å². The van der Waals surface area contributed by atoms with E-state index in [2.05, 4.69) is 15.0 Å². The van der Waals surface area contributed by atoms with Crippen LogP contribution in [-0.4, -0.2) is 15.0 Å². The molecule has 0 unspecified atom stereocenters. The smallest absolute Gasteiger partial charge is 0.220 e. The molecule has 2 heterocycles. The first-order chi connectivity index (χ1) is 6.75. The van der Waals surface area contributed by atoms with Gasteiger partial charge in [0, 0.05) is 23.7 Å². The zero-order valence-electron chi connectivity index (χ0n) is 7.81. The van der Waals surface area contributed by atoms with E-state index in [1.807, 2.05) is 25.1 Å². The number of rotatable bonds is 1. The molecule has 14 heavy (non-hydrogen) atoms. The average molecular weight is 186 g/mol. The molecule has 0 aliphatic heterocycles. The van der Waals surface area contributed by atoms with Gasteiger partial charge in [0.25, 0.3) is 0 Å². The molecule has 4 nitrogen and oxygen atoms in total. The molecule has 0 aliphatic carbocycles. The summed E-state index contributed by atoms with van der Waals surface area (Å²) >= 11 is 0. The number of nitrogens with zero attached hydrogens (tertiary/aromatic N) is 3. The third-order valence-electron chi connectivity index (χ3n) is 1.83. The summed E-state index contributed by atoms with van der Waals surface area (Å²) in [6.45, 7) is 1.89. The maximum Gasteiger partial charge on any atom is 0.220 e. The summed E-state index contributed by atoms with van der Waals surface area (Å²) in [5.41, 5.74) is 8.17. The summed E-state index contributed by atoms with van der Waals surface area (Å²) in [6.07, 6.45) is 3.47. The summed E-state index contributed by atoms with van der Waals surface area (Å²) < 4.78 is 0. The molecule has 0 radical (unpaired) electrons. The number of hydrogen-bond acceptors (Lipinski definition) is 4. The molecule has 0 spiro atoms. The van der Waals surface area contributed by atoms with Gasteiger partial charge in [0.1, 0.15) is 0 Å². The third-order valence-corrected chi connectivity index (χ3v) is 1.83. The van der Waals surface area contributed by atoms with E-state index in [9.17, 15) is 0 Å². The monoisotopic (exact) mass is 186 g/mol. The second-order valence-electron chi connectivity index (χ2n) is 2.99. The molecule has 2 N–H and O–H groups in total. The van der Waals surface area contributed by atoms with E-state index >= 15 is 0 Å². The van der Waals surface area contributed by atoms with Crippen molar-refractivity contribution in [3.05, 3.63) is 36.3 Å². The molecule has 70 valence electrons. The molecule has 4 heteroatoms. The molecular weight excluding hydrogens is 176 g/mol. The van der Waals surface area contributed by atoms with Gasteiger partial charge >= 0.3 is 0 Å². The van der Waals surface area contributed by atoms with Crippen LogP contribution in [0.5, 0.6) is 0 Å². The second-order valence-corrected chi connectivity index (χ2v) is 2.99. The van der Waals surface area contributed by atoms with Crippen molar-refractivity contribution in [3.8, 4) is 11.3 Å². The molecule has 2 aromatic rings. The molecule has 0 amide bonds. The molecular formula is C10H10N4. The Balaban J connectivity index is 2.52. The summed E-state index contributed by atoms with van der Waals surface area (Å²) in [5, 5.41) is 0. The highest BCUT2D eigenvalue weighted by Crippen LogP contribution is 2.16. The molecule has 0 saturated carbocycles. The molecule has 0 aromatic carbocycles. The van der Waals surface area contributed by atoms with Crippen LogP contribution in [0, 0.1) is 6.92 Å². The van der Waals surface area contributed by atoms with Crippen molar-refractivity contribution in [2.24, 2.45) is 0 Å². The SMILES string of the molecule is Cc1cc(-c2cccnc2)nc(N)n1. The van der Waals surface area contributed by atoms with Gasteiger partial charge < -0.3 is 5.73 Å². The highest BCUT2D eigenvalue weighted by molar-refractivity contribution is 5.58. The van der Waals surface area contributed by atoms with Gasteiger partial charge in [0.05, 0.1) is 5.69 Å². The number of aromatic nitrogens is 3. The number of nitrogen functional groups attached to an aromatic ring is 1. The largest absolute Gasteiger partial charge is 0.368 e. The fourth-order valence-electron chi connectivity index (χ4n) is 1.25. The Bertz CT molecular complexity index is 419. The molecule has 2 rings (SSSR count). The zero-order valence-corrected chi connectivity index (χ0v) is 7.81. The normalized spacial score (nSPS) is 10.1. The predicted octanol–water partition coefficient (Wildman–Crippen LogP) is 1.43. The van der Waals surface area contributed by atoms with Crippen LogP contribution in [0.2, 0.25) is 0 Å². The number of pyridine rings is 1. The highest BCUT2D eigenvalue weighted by atomic mass is 15.0. The Morgan fingerprint density at radius 2 is 2.14 bits per heavy atom. The van der Waals surface area contributed by atoms with Crippen molar-refractivity contribution in [1.82, 2.24) is 15.0 Å². The van der Waals surface area contributed by atoms with Crippen molar-refractivity contribution >= 4 is 5.95 Å². The van der Waals surface area contributed by atoms with Crippen LogP contribution in [-0.2, 0) is 0 Å². The molecule has 2 aromatic heterocycles. The van der Waals surface area contributed by atoms with Crippen LogP contribution in [0.1, 0.15) is 5.69 Å². The Kier molecular flexibility index (Phi) is 2.10. The topological polar surface area (TPSA) is 64.7 Å². The van der Waals surface area contributed by atoms with Crippen LogP contribution in [0.3, 0.4) is 0 Å². The number of hydrogen-bond donors (Lipinski definition) is 1. The van der Waals surface area contributed by atoms with Gasteiger partial charge in [-0.3, -0.25) is 4.98 Å². The lowest BCUT2D eigenvalue weighted by Gasteiger charge is -2.01. The average Bonchev–Trinajstić information content (AvgIpc) is 2.18. The summed E-state index contributed by atoms with van der Waals surface area (Å²) in [4.78, 5) is 12.2. The summed E-state index contributed by atoms with van der Waals surface area (Å²) in [5.74, 6) is 0.295. The third kappa shape index (κ3) is 1.69. The van der Waals surface area contributed by atoms with Crippen LogP contribution in [0.4, 0.5) is 5.95 Å². The van der Waals surface area contributed by atoms with Crippen molar-refractivity contribution < 1.29 is 0 Å². The second kappa shape index (κ2) is 3.41. The van der Waals surface area contributed by atoms with E-state index in [0.717, 1.165) is 17.0 Å². The maximum atomic E-state index is 5.55. The lowest BCUT2D eigenvalue weighted by atomic mass is 10.2. The van der Waals surface area contributed by atoms with Crippen molar-refractivity contribution in [1.29, 1.82) is 0 Å². The Morgan fingerprint density at radius 3 is 2.79 bits per heavy atom. The van der Waals surface area contributed by atoms with E-state index in [-0.39, 0.29) is 0 Å². The van der Waals surface area contributed by atoms with Gasteiger partial charge in [0.15, 0.2) is 0 Å². The van der Waals surface area contributed by atoms with Crippen molar-refractivity contribution in [2.45, 2.75) is 6.92 Å². The van der Waals surface area contributed by atoms with E-state index in [4.69, 9.17) is 5.73 Å². The van der Waals surface area contributed by atoms with Crippen LogP contribution in [0.25, 0.3) is 11.3 Å². The quantitative estimate of drug-likeness (QED) is 0.731. The maximum absolute atomic E-state index is 5.55. The minimum absolute atomic E-state index is 0.295. The standard InChI is InChI=1S/C10H10N4/c1-7-5-9(14-10(11)13-7)8-3-2-4-12-6-8/h2-6H,1H3,(H2,11,13,14). The predicted molar refractivity (Wildman–Crippen MR) is 54.4 cm³/mol. The van der Waals surface area contributed by atoms with Gasteiger partial charge in [0.2, 0.25) is 5.95 Å². The van der Waals surface area contributed by atoms with Gasteiger partial charge in [-0.25, -0.2) is 9.97 Å². The summed E-state index contributed by atoms with van der Waals surface area (Å²) in [6, 6.07) is 5.69. The Hall–Kier alpha value is -1.97. The minimum Gasteiger partial charge on any atom is -0.368 e. The lowest BCUT2D eigenvalue weighted by molar-refractivity contribution is 1.12. The minimum atomic E-state index is 0.295. The van der Waals surface area contributed by atoms with Crippen molar-refractivity contribution in [2.75, 3.05) is 5.73 Å². The summed E-state index contributed by atoms with van der Waals surface area (Å²) in [7, 11) is 0. The Labute approximate surface area is 81.9 Å². The first kappa shape index (κ1) is 8.62. The Morgan fingerprint density at radius 1 is 1.29 bits per heavy atom. The number of aryl methyl sites for hydroxylation is 1. The molecule has 0 bridgehead atoms. The molecule has 0 saturated heterocycles. The fraction of sp³-hybridized carbons (Fsp3) is 0.100. The van der Waals surface area contributed by atoms with Crippen LogP contribution >= 0.6 is 0 Å². The fourth-order valence-corrected chi connectivity index (χ4v) is 1.25. The first-order valence-corrected chi connectivity index (χ1v) is 4.27. The molecule has 0 fully saturated rings. The highest BCUT2D eigenvalue weighted by Gasteiger charge is 2.01. The van der Waals surface area contributed by atoms with E-state index in [0.29, 0.717) is 5.95 Å². The van der Waals surface area contributed by atoms with Crippen LogP contribution in [0.15, 0.2) is 30.6 Å². The molecule has 0 aliphatic rings. The number of nitrogens with two attached hydrogens (primary N) is 1. The van der Waals surface area contributed by atoms with Crippen molar-refractivity contribution in [3.63, 3.8) is 0 Å². The van der Waals surface area contributed by atoms with Gasteiger partial charge in [-0.15, -0.1) is 0 Å². The van der Waals surface area contributed by atoms with E-state index < -0.39 is 0 Å². The van der Waals surface area contributed by atoms with Gasteiger partial charge in [-0.1, -0.05) is 0 Å². The number of anilines is 1. The van der Waals surface area contributed by atoms with Gasteiger partial charge in [-0.2, -0.15) is 0 Å². The van der Waals surface area contributed by atoms with E-state index in [1.165, 1.54) is 0 Å². The first-order valence-electron chi connectivity index (χ1n) is 4.27. The van der Waals surface area contributed by atoms with E-state index in [1.54, 1.807) is 12.4 Å². The lowest BCUT2D eigenvalue weighted by Crippen LogP contribution is -1.98. The van der Waals surface area contributed by atoms with Crippen LogP contribution < -0.4 is 5.73 Å². The molecule has 0 atom stereocenters.